The topological polar surface area (TPSA) is 26.3 Å². The van der Waals surface area contributed by atoms with E-state index in [1.807, 2.05) is 0 Å². The van der Waals surface area contributed by atoms with E-state index in [-0.39, 0.29) is 29.0 Å². The van der Waals surface area contributed by atoms with Gasteiger partial charge in [0, 0.05) is 15.8 Å². The third kappa shape index (κ3) is 6.33. The minimum atomic E-state index is -4.30. The van der Waals surface area contributed by atoms with Gasteiger partial charge in [0.2, 0.25) is 0 Å². The fraction of sp³-hybridized carbons (Fsp3) is 0.417. The number of hydrogen-bond acceptors (Lipinski definition) is 3. The first-order chi connectivity index (χ1) is 8.81. The van der Waals surface area contributed by atoms with E-state index in [4.69, 9.17) is 4.74 Å². The maximum Gasteiger partial charge on any atom is 0.446 e. The van der Waals surface area contributed by atoms with Crippen molar-refractivity contribution in [2.24, 2.45) is 0 Å². The molecule has 0 heterocycles. The molecular formula is C12H12BrF3O2S. The van der Waals surface area contributed by atoms with Crippen LogP contribution in [0.25, 0.3) is 0 Å². The standard InChI is InChI=1S/C12H12BrF3O2S/c1-2-18-11(17)6-4-8-3-5-9(7-10(8)13)19-12(14,15)16/h3,5,7H,2,4,6H2,1H3. The number of benzene rings is 1. The van der Waals surface area contributed by atoms with Crippen LogP contribution in [0, 0.1) is 0 Å². The number of carbonyl (C=O) groups excluding carboxylic acids is 1. The molecule has 0 saturated carbocycles. The van der Waals surface area contributed by atoms with E-state index in [9.17, 15) is 18.0 Å². The van der Waals surface area contributed by atoms with Gasteiger partial charge in [-0.05, 0) is 42.8 Å². The maximum atomic E-state index is 12.2. The van der Waals surface area contributed by atoms with Crippen molar-refractivity contribution in [2.75, 3.05) is 6.61 Å². The highest BCUT2D eigenvalue weighted by atomic mass is 79.9. The maximum absolute atomic E-state index is 12.2. The van der Waals surface area contributed by atoms with E-state index in [1.165, 1.54) is 12.1 Å². The summed E-state index contributed by atoms with van der Waals surface area (Å²) in [5.41, 5.74) is -3.52. The number of thioether (sulfide) groups is 1. The van der Waals surface area contributed by atoms with Crippen LogP contribution in [0.15, 0.2) is 27.6 Å². The van der Waals surface area contributed by atoms with Crippen molar-refractivity contribution in [2.45, 2.75) is 30.2 Å². The summed E-state index contributed by atoms with van der Waals surface area (Å²) in [5, 5.41) is 0. The molecule has 0 unspecified atom stereocenters. The fourth-order valence-corrected chi connectivity index (χ4v) is 2.71. The normalized spacial score (nSPS) is 11.4. The smallest absolute Gasteiger partial charge is 0.446 e. The molecule has 0 fully saturated rings. The molecule has 0 aliphatic heterocycles. The van der Waals surface area contributed by atoms with Crippen molar-refractivity contribution in [3.05, 3.63) is 28.2 Å². The first-order valence-electron chi connectivity index (χ1n) is 5.51. The molecule has 0 saturated heterocycles. The second kappa shape index (κ2) is 7.19. The zero-order valence-corrected chi connectivity index (χ0v) is 12.5. The molecule has 106 valence electrons. The van der Waals surface area contributed by atoms with Crippen LogP contribution in [0.1, 0.15) is 18.9 Å². The number of rotatable bonds is 5. The van der Waals surface area contributed by atoms with Crippen LogP contribution in [0.5, 0.6) is 0 Å². The Morgan fingerprint density at radius 3 is 2.63 bits per heavy atom. The molecule has 1 aromatic carbocycles. The van der Waals surface area contributed by atoms with Gasteiger partial charge in [-0.15, -0.1) is 0 Å². The lowest BCUT2D eigenvalue weighted by Crippen LogP contribution is -2.05. The molecule has 0 amide bonds. The molecule has 1 rings (SSSR count). The summed E-state index contributed by atoms with van der Waals surface area (Å²) in [6.07, 6.45) is 0.634. The SMILES string of the molecule is CCOC(=O)CCc1ccc(SC(F)(F)F)cc1Br. The second-order valence-corrected chi connectivity index (χ2v) is 5.60. The van der Waals surface area contributed by atoms with Crippen molar-refractivity contribution >= 4 is 33.7 Å². The van der Waals surface area contributed by atoms with Gasteiger partial charge in [0.1, 0.15) is 0 Å². The molecule has 0 spiro atoms. The molecule has 0 radical (unpaired) electrons. The molecule has 0 aliphatic carbocycles. The van der Waals surface area contributed by atoms with Gasteiger partial charge in [0.05, 0.1) is 6.61 Å². The fourth-order valence-electron chi connectivity index (χ4n) is 1.40. The summed E-state index contributed by atoms with van der Waals surface area (Å²) in [6.45, 7) is 2.04. The zero-order valence-electron chi connectivity index (χ0n) is 10.1. The lowest BCUT2D eigenvalue weighted by Gasteiger charge is -2.09. The highest BCUT2D eigenvalue weighted by molar-refractivity contribution is 9.10. The van der Waals surface area contributed by atoms with Crippen LogP contribution in [0.2, 0.25) is 0 Å². The highest BCUT2D eigenvalue weighted by Gasteiger charge is 2.29. The molecule has 0 N–H and O–H groups in total. The van der Waals surface area contributed by atoms with Crippen molar-refractivity contribution in [3.63, 3.8) is 0 Å². The Balaban J connectivity index is 2.64. The summed E-state index contributed by atoms with van der Waals surface area (Å²) in [6, 6.07) is 4.37. The molecule has 1 aromatic rings. The summed E-state index contributed by atoms with van der Waals surface area (Å²) >= 11 is 3.05. The van der Waals surface area contributed by atoms with Crippen molar-refractivity contribution < 1.29 is 22.7 Å². The Bertz CT molecular complexity index is 449. The third-order valence-electron chi connectivity index (χ3n) is 2.16. The third-order valence-corrected chi connectivity index (χ3v) is 3.62. The van der Waals surface area contributed by atoms with Crippen molar-refractivity contribution in [1.82, 2.24) is 0 Å². The van der Waals surface area contributed by atoms with Gasteiger partial charge >= 0.3 is 11.5 Å². The quantitative estimate of drug-likeness (QED) is 0.571. The number of halogens is 4. The van der Waals surface area contributed by atoms with Crippen LogP contribution >= 0.6 is 27.7 Å². The first kappa shape index (κ1) is 16.4. The highest BCUT2D eigenvalue weighted by Crippen LogP contribution is 2.38. The molecule has 0 aliphatic rings. The number of alkyl halides is 3. The Labute approximate surface area is 121 Å². The van der Waals surface area contributed by atoms with Crippen LogP contribution in [-0.4, -0.2) is 18.1 Å². The molecular weight excluding hydrogens is 345 g/mol. The van der Waals surface area contributed by atoms with E-state index >= 15 is 0 Å². The van der Waals surface area contributed by atoms with Crippen LogP contribution < -0.4 is 0 Å². The van der Waals surface area contributed by atoms with E-state index in [0.717, 1.165) is 5.56 Å². The van der Waals surface area contributed by atoms with Crippen LogP contribution in [0.3, 0.4) is 0 Å². The Hall–Kier alpha value is -0.690. The number of hydrogen-bond donors (Lipinski definition) is 0. The van der Waals surface area contributed by atoms with E-state index in [2.05, 4.69) is 15.9 Å². The van der Waals surface area contributed by atoms with Gasteiger partial charge in [-0.25, -0.2) is 0 Å². The van der Waals surface area contributed by atoms with E-state index in [0.29, 0.717) is 17.5 Å². The molecule has 19 heavy (non-hydrogen) atoms. The Morgan fingerprint density at radius 2 is 2.11 bits per heavy atom. The lowest BCUT2D eigenvalue weighted by molar-refractivity contribution is -0.143. The number of esters is 1. The van der Waals surface area contributed by atoms with E-state index in [1.54, 1.807) is 13.0 Å². The largest absolute Gasteiger partial charge is 0.466 e. The van der Waals surface area contributed by atoms with Crippen LogP contribution in [-0.2, 0) is 16.0 Å². The first-order valence-corrected chi connectivity index (χ1v) is 7.12. The molecule has 0 bridgehead atoms. The van der Waals surface area contributed by atoms with Gasteiger partial charge in [-0.3, -0.25) is 4.79 Å². The predicted molar refractivity (Wildman–Crippen MR) is 71.0 cm³/mol. The van der Waals surface area contributed by atoms with Gasteiger partial charge < -0.3 is 4.74 Å². The number of aryl methyl sites for hydroxylation is 1. The van der Waals surface area contributed by atoms with E-state index < -0.39 is 5.51 Å². The summed E-state index contributed by atoms with van der Waals surface area (Å²) in [7, 11) is 0. The van der Waals surface area contributed by atoms with Crippen LogP contribution in [0.4, 0.5) is 13.2 Å². The minimum Gasteiger partial charge on any atom is -0.466 e. The number of carbonyl (C=O) groups is 1. The summed E-state index contributed by atoms with van der Waals surface area (Å²) < 4.78 is 41.9. The predicted octanol–water partition coefficient (Wildman–Crippen LogP) is 4.56. The zero-order chi connectivity index (χ0) is 14.5. The van der Waals surface area contributed by atoms with Gasteiger partial charge in [0.15, 0.2) is 0 Å². The number of ether oxygens (including phenoxy) is 1. The van der Waals surface area contributed by atoms with Crippen molar-refractivity contribution in [1.29, 1.82) is 0 Å². The van der Waals surface area contributed by atoms with Gasteiger partial charge in [0.25, 0.3) is 0 Å². The Morgan fingerprint density at radius 1 is 1.42 bits per heavy atom. The summed E-state index contributed by atoms with van der Waals surface area (Å²) in [4.78, 5) is 11.3. The molecule has 0 aromatic heterocycles. The summed E-state index contributed by atoms with van der Waals surface area (Å²) in [5.74, 6) is -0.317. The average Bonchev–Trinajstić information content (AvgIpc) is 2.26. The molecule has 2 nitrogen and oxygen atoms in total. The minimum absolute atomic E-state index is 0.110. The monoisotopic (exact) mass is 356 g/mol. The average molecular weight is 357 g/mol. The van der Waals surface area contributed by atoms with Crippen molar-refractivity contribution in [3.8, 4) is 0 Å². The lowest BCUT2D eigenvalue weighted by atomic mass is 10.1. The Kier molecular flexibility index (Phi) is 6.19. The van der Waals surface area contributed by atoms with Gasteiger partial charge in [-0.2, -0.15) is 13.2 Å². The van der Waals surface area contributed by atoms with Gasteiger partial charge in [-0.1, -0.05) is 22.0 Å². The molecule has 0 atom stereocenters. The molecule has 7 heteroatoms. The second-order valence-electron chi connectivity index (χ2n) is 3.61.